The minimum absolute atomic E-state index is 0.0168. The van der Waals surface area contributed by atoms with Crippen molar-refractivity contribution < 1.29 is 16.8 Å². The van der Waals surface area contributed by atoms with E-state index in [1.807, 2.05) is 0 Å². The summed E-state index contributed by atoms with van der Waals surface area (Å²) in [5.74, 6) is -0.0337. The minimum Gasteiger partial charge on any atom is -0.229 e. The van der Waals surface area contributed by atoms with Gasteiger partial charge in [0.05, 0.1) is 16.8 Å². The highest BCUT2D eigenvalue weighted by Gasteiger charge is 2.32. The molecule has 0 unspecified atom stereocenters. The van der Waals surface area contributed by atoms with Crippen LogP contribution in [-0.2, 0) is 19.9 Å². The Hall–Kier alpha value is 0.340. The number of nitrogens with one attached hydrogen (secondary N) is 1. The third-order valence-corrected chi connectivity index (χ3v) is 6.79. The lowest BCUT2D eigenvalue weighted by atomic mass is 10.2. The third-order valence-electron chi connectivity index (χ3n) is 2.55. The first kappa shape index (κ1) is 14.4. The molecule has 1 rings (SSSR count). The van der Waals surface area contributed by atoms with Crippen molar-refractivity contribution in [2.24, 2.45) is 0 Å². The summed E-state index contributed by atoms with van der Waals surface area (Å²) in [6.07, 6.45) is 1.15. The second-order valence-corrected chi connectivity index (χ2v) is 8.98. The first-order valence-corrected chi connectivity index (χ1v) is 9.61. The van der Waals surface area contributed by atoms with Gasteiger partial charge in [0.2, 0.25) is 10.0 Å². The van der Waals surface area contributed by atoms with Gasteiger partial charge in [0, 0.05) is 11.9 Å². The maximum Gasteiger partial charge on any atom is 0.214 e. The van der Waals surface area contributed by atoms with Gasteiger partial charge in [-0.05, 0) is 19.3 Å². The van der Waals surface area contributed by atoms with Gasteiger partial charge < -0.3 is 0 Å². The number of sulfone groups is 1. The second kappa shape index (κ2) is 5.79. The number of hydrogen-bond donors (Lipinski definition) is 1. The summed E-state index contributed by atoms with van der Waals surface area (Å²) in [5.41, 5.74) is 0. The molecule has 1 N–H and O–H groups in total. The van der Waals surface area contributed by atoms with Gasteiger partial charge in [-0.3, -0.25) is 0 Å². The van der Waals surface area contributed by atoms with E-state index >= 15 is 0 Å². The van der Waals surface area contributed by atoms with Crippen LogP contribution in [0.4, 0.5) is 0 Å². The van der Waals surface area contributed by atoms with Crippen molar-refractivity contribution in [1.29, 1.82) is 0 Å². The normalized spacial score (nSPS) is 22.1. The molecule has 0 bridgehead atoms. The van der Waals surface area contributed by atoms with Crippen LogP contribution in [0.25, 0.3) is 0 Å². The SMILES string of the molecule is O=S1(=O)CCC(S(=O)(=O)NCCCBr)CC1. The van der Waals surface area contributed by atoms with E-state index in [-0.39, 0.29) is 24.3 Å². The first-order chi connectivity index (χ1) is 7.37. The molecule has 16 heavy (non-hydrogen) atoms. The van der Waals surface area contributed by atoms with E-state index in [2.05, 4.69) is 20.7 Å². The molecular formula is C8H16BrNO4S2. The van der Waals surface area contributed by atoms with E-state index in [9.17, 15) is 16.8 Å². The van der Waals surface area contributed by atoms with Crippen LogP contribution in [0, 0.1) is 0 Å². The number of sulfonamides is 1. The van der Waals surface area contributed by atoms with Crippen molar-refractivity contribution in [1.82, 2.24) is 4.72 Å². The van der Waals surface area contributed by atoms with Gasteiger partial charge in [0.15, 0.2) is 0 Å². The zero-order chi connectivity index (χ0) is 12.2. The standard InChI is InChI=1S/C8H16BrNO4S2/c9-4-1-5-10-16(13,14)8-2-6-15(11,12)7-3-8/h8,10H,1-7H2. The molecule has 0 spiro atoms. The molecule has 0 amide bonds. The molecule has 0 radical (unpaired) electrons. The van der Waals surface area contributed by atoms with Crippen LogP contribution in [0.2, 0.25) is 0 Å². The first-order valence-electron chi connectivity index (χ1n) is 5.12. The van der Waals surface area contributed by atoms with Gasteiger partial charge in [-0.1, -0.05) is 15.9 Å². The van der Waals surface area contributed by atoms with Crippen LogP contribution in [0.1, 0.15) is 19.3 Å². The van der Waals surface area contributed by atoms with E-state index < -0.39 is 25.1 Å². The van der Waals surface area contributed by atoms with Crippen LogP contribution in [-0.4, -0.2) is 45.5 Å². The van der Waals surface area contributed by atoms with Crippen molar-refractivity contribution in [2.45, 2.75) is 24.5 Å². The Labute approximate surface area is 105 Å². The van der Waals surface area contributed by atoms with Crippen LogP contribution >= 0.6 is 15.9 Å². The molecule has 0 aromatic rings. The number of halogens is 1. The number of rotatable bonds is 5. The molecule has 0 saturated carbocycles. The van der Waals surface area contributed by atoms with Gasteiger partial charge >= 0.3 is 0 Å². The molecule has 1 aliphatic rings. The zero-order valence-corrected chi connectivity index (χ0v) is 12.1. The predicted octanol–water partition coefficient (Wildman–Crippen LogP) is 0.268. The van der Waals surface area contributed by atoms with Crippen LogP contribution in [0.5, 0.6) is 0 Å². The minimum atomic E-state index is -3.34. The molecule has 1 aliphatic heterocycles. The topological polar surface area (TPSA) is 80.3 Å². The van der Waals surface area contributed by atoms with Crippen molar-refractivity contribution in [3.05, 3.63) is 0 Å². The molecule has 0 aromatic carbocycles. The lowest BCUT2D eigenvalue weighted by Crippen LogP contribution is -2.40. The highest BCUT2D eigenvalue weighted by Crippen LogP contribution is 2.18. The van der Waals surface area contributed by atoms with Crippen LogP contribution in [0.3, 0.4) is 0 Å². The summed E-state index contributed by atoms with van der Waals surface area (Å²) in [7, 11) is -6.34. The Morgan fingerprint density at radius 3 is 2.31 bits per heavy atom. The fourth-order valence-electron chi connectivity index (χ4n) is 1.58. The van der Waals surface area contributed by atoms with Gasteiger partial charge in [0.25, 0.3) is 0 Å². The van der Waals surface area contributed by atoms with E-state index in [1.165, 1.54) is 0 Å². The average molecular weight is 334 g/mol. The summed E-state index contributed by atoms with van der Waals surface area (Å²) < 4.78 is 48.3. The monoisotopic (exact) mass is 333 g/mol. The molecule has 0 aromatic heterocycles. The number of hydrogen-bond acceptors (Lipinski definition) is 4. The Bertz CT molecular complexity index is 403. The third kappa shape index (κ3) is 4.31. The summed E-state index contributed by atoms with van der Waals surface area (Å²) in [6, 6.07) is 0. The van der Waals surface area contributed by atoms with Gasteiger partial charge in [-0.2, -0.15) is 0 Å². The van der Waals surface area contributed by atoms with Crippen LogP contribution < -0.4 is 4.72 Å². The van der Waals surface area contributed by atoms with Crippen LogP contribution in [0.15, 0.2) is 0 Å². The lowest BCUT2D eigenvalue weighted by molar-refractivity contribution is 0.542. The Kier molecular flexibility index (Phi) is 5.21. The molecule has 1 saturated heterocycles. The Morgan fingerprint density at radius 1 is 1.25 bits per heavy atom. The van der Waals surface area contributed by atoms with Gasteiger partial charge in [0.1, 0.15) is 9.84 Å². The highest BCUT2D eigenvalue weighted by atomic mass is 79.9. The van der Waals surface area contributed by atoms with E-state index in [0.717, 1.165) is 11.8 Å². The molecule has 1 fully saturated rings. The predicted molar refractivity (Wildman–Crippen MR) is 67.0 cm³/mol. The fraction of sp³-hybridized carbons (Fsp3) is 1.00. The number of alkyl halides is 1. The smallest absolute Gasteiger partial charge is 0.214 e. The molecular weight excluding hydrogens is 318 g/mol. The fourth-order valence-corrected chi connectivity index (χ4v) is 5.17. The Balaban J connectivity index is 2.52. The van der Waals surface area contributed by atoms with E-state index in [1.54, 1.807) is 0 Å². The molecule has 0 atom stereocenters. The molecule has 1 heterocycles. The molecule has 8 heteroatoms. The maximum absolute atomic E-state index is 11.8. The Morgan fingerprint density at radius 2 is 1.81 bits per heavy atom. The second-order valence-electron chi connectivity index (χ2n) is 3.83. The van der Waals surface area contributed by atoms with E-state index in [4.69, 9.17) is 0 Å². The zero-order valence-electron chi connectivity index (χ0n) is 8.85. The van der Waals surface area contributed by atoms with Gasteiger partial charge in [-0.25, -0.2) is 21.6 Å². The van der Waals surface area contributed by atoms with Crippen molar-refractivity contribution in [3.8, 4) is 0 Å². The summed E-state index contributed by atoms with van der Waals surface area (Å²) >= 11 is 3.21. The quantitative estimate of drug-likeness (QED) is 0.578. The van der Waals surface area contributed by atoms with E-state index in [0.29, 0.717) is 6.54 Å². The molecule has 5 nitrogen and oxygen atoms in total. The van der Waals surface area contributed by atoms with Crippen molar-refractivity contribution in [3.63, 3.8) is 0 Å². The lowest BCUT2D eigenvalue weighted by Gasteiger charge is -2.22. The molecule has 96 valence electrons. The van der Waals surface area contributed by atoms with Crippen molar-refractivity contribution in [2.75, 3.05) is 23.4 Å². The summed E-state index contributed by atoms with van der Waals surface area (Å²) in [6.45, 7) is 0.400. The maximum atomic E-state index is 11.8. The largest absolute Gasteiger partial charge is 0.229 e. The summed E-state index contributed by atoms with van der Waals surface area (Å²) in [5, 5.41) is 0.195. The van der Waals surface area contributed by atoms with Gasteiger partial charge in [-0.15, -0.1) is 0 Å². The highest BCUT2D eigenvalue weighted by molar-refractivity contribution is 9.09. The average Bonchev–Trinajstić information content (AvgIpc) is 2.17. The molecule has 0 aliphatic carbocycles. The van der Waals surface area contributed by atoms with Crippen molar-refractivity contribution >= 4 is 35.8 Å². The summed E-state index contributed by atoms with van der Waals surface area (Å²) in [4.78, 5) is 0.